The Hall–Kier alpha value is -2.27. The van der Waals surface area contributed by atoms with E-state index in [1.807, 2.05) is 0 Å². The van der Waals surface area contributed by atoms with Crippen LogP contribution in [0.4, 0.5) is 10.3 Å². The van der Waals surface area contributed by atoms with E-state index >= 15 is 0 Å². The van der Waals surface area contributed by atoms with Gasteiger partial charge in [-0.2, -0.15) is 0 Å². The van der Waals surface area contributed by atoms with E-state index in [1.165, 1.54) is 6.92 Å². The summed E-state index contributed by atoms with van der Waals surface area (Å²) in [5.74, 6) is -1.52. The van der Waals surface area contributed by atoms with Crippen molar-refractivity contribution in [3.05, 3.63) is 18.2 Å². The molecule has 0 radical (unpaired) electrons. The molecule has 1 aromatic rings. The molecule has 1 aliphatic carbocycles. The number of amides is 2. The monoisotopic (exact) mass is 379 g/mol. The lowest BCUT2D eigenvalue weighted by atomic mass is 9.81. The Bertz CT molecular complexity index is 688. The molecular weight excluding hydrogens is 356 g/mol. The molecule has 1 saturated heterocycles. The summed E-state index contributed by atoms with van der Waals surface area (Å²) in [6.07, 6.45) is 5.19. The first kappa shape index (κ1) is 19.5. The van der Waals surface area contributed by atoms with Crippen LogP contribution in [0, 0.1) is 11.7 Å². The largest absolute Gasteiger partial charge is 0.475 e. The molecule has 11 heteroatoms. The molecule has 9 nitrogen and oxygen atoms in total. The summed E-state index contributed by atoms with van der Waals surface area (Å²) < 4.78 is 13.0. The highest BCUT2D eigenvalue weighted by atomic mass is 19.1. The van der Waals surface area contributed by atoms with Crippen LogP contribution >= 0.6 is 0 Å². The molecule has 1 aromatic heterocycles. The van der Waals surface area contributed by atoms with Gasteiger partial charge in [-0.3, -0.25) is 9.59 Å². The van der Waals surface area contributed by atoms with Gasteiger partial charge in [-0.25, -0.2) is 14.4 Å². The maximum atomic E-state index is 13.0. The molecule has 2 heterocycles. The SMILES string of the molecule is CC(NC(=O)[C@H](CC1CC1)NC(=O)[C@@H]1CCN1c1ncc(F)cn1)B(O)O. The molecule has 3 atom stereocenters. The first-order valence-electron chi connectivity index (χ1n) is 9.06. The fraction of sp³-hybridized carbons (Fsp3) is 0.625. The van der Waals surface area contributed by atoms with Gasteiger partial charge in [0.15, 0.2) is 5.82 Å². The molecule has 1 aliphatic heterocycles. The fourth-order valence-electron chi connectivity index (χ4n) is 2.94. The summed E-state index contributed by atoms with van der Waals surface area (Å²) in [6.45, 7) is 2.04. The lowest BCUT2D eigenvalue weighted by molar-refractivity contribution is -0.130. The van der Waals surface area contributed by atoms with Crippen LogP contribution in [-0.2, 0) is 9.59 Å². The minimum Gasteiger partial charge on any atom is -0.426 e. The zero-order valence-electron chi connectivity index (χ0n) is 15.0. The minimum atomic E-state index is -1.68. The number of rotatable bonds is 8. The molecule has 0 bridgehead atoms. The summed E-state index contributed by atoms with van der Waals surface area (Å²) in [4.78, 5) is 34.5. The number of carbonyl (C=O) groups excluding carboxylic acids is 2. The highest BCUT2D eigenvalue weighted by Gasteiger charge is 2.39. The number of aromatic nitrogens is 2. The Balaban J connectivity index is 1.61. The van der Waals surface area contributed by atoms with E-state index in [1.54, 1.807) is 4.90 Å². The van der Waals surface area contributed by atoms with Crippen molar-refractivity contribution in [3.63, 3.8) is 0 Å². The van der Waals surface area contributed by atoms with E-state index in [0.717, 1.165) is 25.2 Å². The summed E-state index contributed by atoms with van der Waals surface area (Å²) >= 11 is 0. The summed E-state index contributed by atoms with van der Waals surface area (Å²) in [6, 6.07) is -1.27. The van der Waals surface area contributed by atoms with Crippen LogP contribution < -0.4 is 15.5 Å². The van der Waals surface area contributed by atoms with Crippen LogP contribution in [0.3, 0.4) is 0 Å². The number of halogens is 1. The molecule has 27 heavy (non-hydrogen) atoms. The van der Waals surface area contributed by atoms with Crippen molar-refractivity contribution in [2.45, 2.75) is 50.6 Å². The second-order valence-electron chi connectivity index (χ2n) is 7.15. The number of carbonyl (C=O) groups is 2. The molecule has 146 valence electrons. The molecule has 0 aromatic carbocycles. The van der Waals surface area contributed by atoms with Gasteiger partial charge in [-0.15, -0.1) is 0 Å². The minimum absolute atomic E-state index is 0.267. The van der Waals surface area contributed by atoms with Crippen LogP contribution in [0.1, 0.15) is 32.6 Å². The van der Waals surface area contributed by atoms with E-state index in [0.29, 0.717) is 25.3 Å². The Morgan fingerprint density at radius 1 is 1.30 bits per heavy atom. The van der Waals surface area contributed by atoms with Crippen molar-refractivity contribution >= 4 is 24.9 Å². The van der Waals surface area contributed by atoms with E-state index in [9.17, 15) is 14.0 Å². The molecule has 0 spiro atoms. The van der Waals surface area contributed by atoms with Gasteiger partial charge in [-0.05, 0) is 25.7 Å². The number of nitrogens with one attached hydrogen (secondary N) is 2. The van der Waals surface area contributed by atoms with Gasteiger partial charge >= 0.3 is 7.12 Å². The number of nitrogens with zero attached hydrogens (tertiary/aromatic N) is 3. The van der Waals surface area contributed by atoms with Crippen LogP contribution in [0.15, 0.2) is 12.4 Å². The third-order valence-corrected chi connectivity index (χ3v) is 4.90. The van der Waals surface area contributed by atoms with Gasteiger partial charge in [0, 0.05) is 6.54 Å². The van der Waals surface area contributed by atoms with E-state index in [4.69, 9.17) is 10.0 Å². The molecule has 4 N–H and O–H groups in total. The summed E-state index contributed by atoms with van der Waals surface area (Å²) in [5.41, 5.74) is 0. The predicted octanol–water partition coefficient (Wildman–Crippen LogP) is -1.00. The van der Waals surface area contributed by atoms with Gasteiger partial charge < -0.3 is 25.6 Å². The maximum absolute atomic E-state index is 13.0. The normalized spacial score (nSPS) is 21.0. The number of hydrogen-bond acceptors (Lipinski definition) is 7. The van der Waals surface area contributed by atoms with Crippen LogP contribution in [0.2, 0.25) is 0 Å². The Morgan fingerprint density at radius 3 is 2.48 bits per heavy atom. The van der Waals surface area contributed by atoms with Crippen molar-refractivity contribution < 1.29 is 24.0 Å². The molecular formula is C16H23BFN5O4. The molecule has 1 unspecified atom stereocenters. The van der Waals surface area contributed by atoms with E-state index in [-0.39, 0.29) is 11.9 Å². The molecule has 2 amide bonds. The third-order valence-electron chi connectivity index (χ3n) is 4.90. The Morgan fingerprint density at radius 2 is 1.96 bits per heavy atom. The summed E-state index contributed by atoms with van der Waals surface area (Å²) in [5, 5.41) is 23.6. The van der Waals surface area contributed by atoms with Gasteiger partial charge in [0.2, 0.25) is 17.8 Å². The molecule has 1 saturated carbocycles. The fourth-order valence-corrected chi connectivity index (χ4v) is 2.94. The van der Waals surface area contributed by atoms with Crippen molar-refractivity contribution in [1.82, 2.24) is 20.6 Å². The zero-order chi connectivity index (χ0) is 19.6. The van der Waals surface area contributed by atoms with Crippen LogP contribution in [0.25, 0.3) is 0 Å². The Kier molecular flexibility index (Phi) is 5.90. The van der Waals surface area contributed by atoms with Gasteiger partial charge in [0.05, 0.1) is 18.3 Å². The maximum Gasteiger partial charge on any atom is 0.475 e. The number of hydrogen-bond donors (Lipinski definition) is 4. The smallest absolute Gasteiger partial charge is 0.426 e. The standard InChI is InChI=1S/C16H23BFN5O4/c1-9(17(26)27)21-14(24)12(6-10-2-3-10)22-15(25)13-4-5-23(13)16-19-7-11(18)8-20-16/h7-10,12-13,26-27H,2-6H2,1H3,(H,21,24)(H,22,25)/t9?,12-,13-/m0/s1. The predicted molar refractivity (Wildman–Crippen MR) is 94.8 cm³/mol. The summed E-state index contributed by atoms with van der Waals surface area (Å²) in [7, 11) is -1.68. The zero-order valence-corrected chi connectivity index (χ0v) is 15.0. The highest BCUT2D eigenvalue weighted by Crippen LogP contribution is 2.33. The van der Waals surface area contributed by atoms with Gasteiger partial charge in [-0.1, -0.05) is 12.8 Å². The topological polar surface area (TPSA) is 128 Å². The average Bonchev–Trinajstić information content (AvgIpc) is 3.39. The molecule has 2 aliphatic rings. The van der Waals surface area contributed by atoms with Crippen molar-refractivity contribution in [2.75, 3.05) is 11.4 Å². The van der Waals surface area contributed by atoms with E-state index in [2.05, 4.69) is 20.6 Å². The van der Waals surface area contributed by atoms with Gasteiger partial charge in [0.25, 0.3) is 0 Å². The first-order chi connectivity index (χ1) is 12.8. The van der Waals surface area contributed by atoms with Crippen LogP contribution in [0.5, 0.6) is 0 Å². The lowest BCUT2D eigenvalue weighted by Gasteiger charge is -2.40. The third kappa shape index (κ3) is 4.92. The van der Waals surface area contributed by atoms with Crippen LogP contribution in [-0.4, -0.2) is 63.5 Å². The van der Waals surface area contributed by atoms with Gasteiger partial charge in [0.1, 0.15) is 12.1 Å². The van der Waals surface area contributed by atoms with Crippen molar-refractivity contribution in [2.24, 2.45) is 5.92 Å². The van der Waals surface area contributed by atoms with E-state index < -0.39 is 36.9 Å². The average molecular weight is 379 g/mol. The second-order valence-corrected chi connectivity index (χ2v) is 7.15. The van der Waals surface area contributed by atoms with Crippen molar-refractivity contribution in [1.29, 1.82) is 0 Å². The second kappa shape index (κ2) is 8.18. The highest BCUT2D eigenvalue weighted by molar-refractivity contribution is 6.43. The molecule has 3 rings (SSSR count). The first-order valence-corrected chi connectivity index (χ1v) is 9.06. The molecule has 2 fully saturated rings. The quantitative estimate of drug-likeness (QED) is 0.427. The Labute approximate surface area is 156 Å². The number of anilines is 1. The van der Waals surface area contributed by atoms with Crippen molar-refractivity contribution in [3.8, 4) is 0 Å². The lowest BCUT2D eigenvalue weighted by Crippen LogP contribution is -2.61.